The van der Waals surface area contributed by atoms with Crippen molar-refractivity contribution >= 4 is 39.2 Å². The molecule has 0 N–H and O–H groups in total. The van der Waals surface area contributed by atoms with Crippen molar-refractivity contribution in [2.24, 2.45) is 0 Å². The van der Waals surface area contributed by atoms with E-state index in [1.165, 1.54) is 29.5 Å². The molecule has 1 amide bonds. The van der Waals surface area contributed by atoms with E-state index in [0.717, 1.165) is 36.2 Å². The summed E-state index contributed by atoms with van der Waals surface area (Å²) in [6.07, 6.45) is 3.30. The van der Waals surface area contributed by atoms with Gasteiger partial charge in [0.05, 0.1) is 17.0 Å². The number of thioether (sulfide) groups is 1. The number of hydrogen-bond acceptors (Lipinski definition) is 5. The maximum Gasteiger partial charge on any atom is 0.276 e. The molecule has 1 aliphatic rings. The topological polar surface area (TPSA) is 55.2 Å². The molecule has 0 spiro atoms. The van der Waals surface area contributed by atoms with Gasteiger partial charge in [0.25, 0.3) is 5.56 Å². The van der Waals surface area contributed by atoms with E-state index in [1.807, 2.05) is 42.3 Å². The first kappa shape index (κ1) is 20.2. The second kappa shape index (κ2) is 8.32. The number of likely N-dealkylation sites (tertiary alicyclic amines) is 1. The molecule has 1 atom stereocenters. The monoisotopic (exact) mass is 427 g/mol. The van der Waals surface area contributed by atoms with Gasteiger partial charge in [-0.2, -0.15) is 0 Å². The first-order valence-corrected chi connectivity index (χ1v) is 11.8. The Bertz CT molecular complexity index is 1120. The maximum absolute atomic E-state index is 13.3. The molecule has 1 fully saturated rings. The lowest BCUT2D eigenvalue weighted by molar-refractivity contribution is -0.131. The molecule has 3 heterocycles. The number of benzene rings is 1. The number of aromatic nitrogens is 2. The molecule has 29 heavy (non-hydrogen) atoms. The standard InChI is InChI=1S/C22H25N3O2S2/c1-14-7-8-18(15(2)12-14)25-21(27)20-17(9-11-28-20)23-22(25)29-13-19(26)24-10-5-4-6-16(24)3/h7-9,11-12,16H,4-6,10,13H2,1-3H3/t16-/m1/s1. The fourth-order valence-corrected chi connectivity index (χ4v) is 5.59. The van der Waals surface area contributed by atoms with Crippen LogP contribution in [-0.4, -0.2) is 38.7 Å². The van der Waals surface area contributed by atoms with Crippen LogP contribution >= 0.6 is 23.1 Å². The number of rotatable bonds is 4. The molecule has 0 saturated carbocycles. The molecule has 4 rings (SSSR count). The van der Waals surface area contributed by atoms with Crippen molar-refractivity contribution < 1.29 is 4.79 Å². The number of aryl methyl sites for hydroxylation is 2. The lowest BCUT2D eigenvalue weighted by Gasteiger charge is -2.33. The van der Waals surface area contributed by atoms with Crippen LogP contribution in [0, 0.1) is 13.8 Å². The molecule has 5 nitrogen and oxygen atoms in total. The van der Waals surface area contributed by atoms with Crippen LogP contribution in [0.1, 0.15) is 37.3 Å². The molecule has 0 radical (unpaired) electrons. The van der Waals surface area contributed by atoms with Gasteiger partial charge in [0.1, 0.15) is 4.70 Å². The molecule has 1 aromatic carbocycles. The SMILES string of the molecule is Cc1ccc(-n2c(SCC(=O)N3CCCC[C@H]3C)nc3ccsc3c2=O)c(C)c1. The quantitative estimate of drug-likeness (QED) is 0.453. The third kappa shape index (κ3) is 3.98. The van der Waals surface area contributed by atoms with Crippen molar-refractivity contribution in [3.05, 3.63) is 51.1 Å². The Hall–Kier alpha value is -2.12. The number of amides is 1. The van der Waals surface area contributed by atoms with Gasteiger partial charge in [0, 0.05) is 12.6 Å². The van der Waals surface area contributed by atoms with Crippen molar-refractivity contribution in [2.75, 3.05) is 12.3 Å². The number of fused-ring (bicyclic) bond motifs is 1. The lowest BCUT2D eigenvalue weighted by atomic mass is 10.0. The summed E-state index contributed by atoms with van der Waals surface area (Å²) in [4.78, 5) is 32.8. The number of hydrogen-bond donors (Lipinski definition) is 0. The van der Waals surface area contributed by atoms with Gasteiger partial charge >= 0.3 is 0 Å². The molecular weight excluding hydrogens is 402 g/mol. The summed E-state index contributed by atoms with van der Waals surface area (Å²) in [6, 6.07) is 8.18. The second-order valence-electron chi connectivity index (χ2n) is 7.68. The van der Waals surface area contributed by atoms with Gasteiger partial charge in [0.2, 0.25) is 5.91 Å². The smallest absolute Gasteiger partial charge is 0.276 e. The zero-order chi connectivity index (χ0) is 20.5. The third-order valence-corrected chi connectivity index (χ3v) is 7.31. The van der Waals surface area contributed by atoms with E-state index in [2.05, 4.69) is 13.0 Å². The van der Waals surface area contributed by atoms with Gasteiger partial charge in [-0.1, -0.05) is 29.5 Å². The summed E-state index contributed by atoms with van der Waals surface area (Å²) in [7, 11) is 0. The Kier molecular flexibility index (Phi) is 5.79. The fraction of sp³-hybridized carbons (Fsp3) is 0.409. The van der Waals surface area contributed by atoms with Crippen LogP contribution in [0.25, 0.3) is 15.9 Å². The highest BCUT2D eigenvalue weighted by Crippen LogP contribution is 2.26. The summed E-state index contributed by atoms with van der Waals surface area (Å²) < 4.78 is 2.32. The number of carbonyl (C=O) groups is 1. The van der Waals surface area contributed by atoms with Crippen LogP contribution in [0.3, 0.4) is 0 Å². The first-order chi connectivity index (χ1) is 14.0. The summed E-state index contributed by atoms with van der Waals surface area (Å²) in [5, 5.41) is 2.46. The van der Waals surface area contributed by atoms with E-state index >= 15 is 0 Å². The number of thiophene rings is 1. The summed E-state index contributed by atoms with van der Waals surface area (Å²) in [5.74, 6) is 0.409. The van der Waals surface area contributed by atoms with Crippen molar-refractivity contribution in [1.82, 2.24) is 14.5 Å². The molecule has 7 heteroatoms. The molecule has 0 bridgehead atoms. The van der Waals surface area contributed by atoms with Gasteiger partial charge in [-0.05, 0) is 63.1 Å². The molecule has 152 valence electrons. The van der Waals surface area contributed by atoms with Gasteiger partial charge in [0.15, 0.2) is 5.16 Å². The van der Waals surface area contributed by atoms with Crippen LogP contribution in [0.5, 0.6) is 0 Å². The Morgan fingerprint density at radius 1 is 1.28 bits per heavy atom. The van der Waals surface area contributed by atoms with Crippen LogP contribution < -0.4 is 5.56 Å². The first-order valence-electron chi connectivity index (χ1n) is 9.96. The largest absolute Gasteiger partial charge is 0.339 e. The van der Waals surface area contributed by atoms with E-state index in [9.17, 15) is 9.59 Å². The van der Waals surface area contributed by atoms with Gasteiger partial charge in [-0.25, -0.2) is 4.98 Å². The third-order valence-electron chi connectivity index (χ3n) is 5.49. The average molecular weight is 428 g/mol. The molecule has 0 aliphatic carbocycles. The number of nitrogens with zero attached hydrogens (tertiary/aromatic N) is 3. The molecule has 1 aliphatic heterocycles. The minimum absolute atomic E-state index is 0.0711. The number of carbonyl (C=O) groups excluding carboxylic acids is 1. The minimum atomic E-state index is -0.0711. The van der Waals surface area contributed by atoms with E-state index in [0.29, 0.717) is 15.4 Å². The maximum atomic E-state index is 13.3. The summed E-state index contributed by atoms with van der Waals surface area (Å²) in [6.45, 7) is 6.97. The van der Waals surface area contributed by atoms with Crippen molar-refractivity contribution in [1.29, 1.82) is 0 Å². The summed E-state index contributed by atoms with van der Waals surface area (Å²) >= 11 is 2.76. The Labute approximate surface area is 178 Å². The molecule has 1 saturated heterocycles. The van der Waals surface area contributed by atoms with Gasteiger partial charge < -0.3 is 4.90 Å². The Balaban J connectivity index is 1.71. The highest BCUT2D eigenvalue weighted by atomic mass is 32.2. The fourth-order valence-electron chi connectivity index (χ4n) is 3.94. The average Bonchev–Trinajstić information content (AvgIpc) is 3.16. The van der Waals surface area contributed by atoms with Crippen LogP contribution in [0.15, 0.2) is 39.6 Å². The second-order valence-corrected chi connectivity index (χ2v) is 9.54. The predicted octanol–water partition coefficient (Wildman–Crippen LogP) is 4.56. The van der Waals surface area contributed by atoms with Crippen LogP contribution in [0.2, 0.25) is 0 Å². The Morgan fingerprint density at radius 2 is 2.10 bits per heavy atom. The Morgan fingerprint density at radius 3 is 2.86 bits per heavy atom. The van der Waals surface area contributed by atoms with Gasteiger partial charge in [-0.3, -0.25) is 14.2 Å². The molecular formula is C22H25N3O2S2. The van der Waals surface area contributed by atoms with E-state index in [1.54, 1.807) is 4.57 Å². The minimum Gasteiger partial charge on any atom is -0.339 e. The van der Waals surface area contributed by atoms with Gasteiger partial charge in [-0.15, -0.1) is 11.3 Å². The molecule has 0 unspecified atom stereocenters. The van der Waals surface area contributed by atoms with Crippen molar-refractivity contribution in [3.8, 4) is 5.69 Å². The highest BCUT2D eigenvalue weighted by molar-refractivity contribution is 7.99. The predicted molar refractivity (Wildman–Crippen MR) is 120 cm³/mol. The van der Waals surface area contributed by atoms with E-state index in [-0.39, 0.29) is 23.3 Å². The van der Waals surface area contributed by atoms with Crippen LogP contribution in [0.4, 0.5) is 0 Å². The summed E-state index contributed by atoms with van der Waals surface area (Å²) in [5.41, 5.74) is 3.61. The highest BCUT2D eigenvalue weighted by Gasteiger charge is 2.24. The molecule has 3 aromatic rings. The van der Waals surface area contributed by atoms with Crippen molar-refractivity contribution in [2.45, 2.75) is 51.2 Å². The van der Waals surface area contributed by atoms with Crippen LogP contribution in [-0.2, 0) is 4.79 Å². The molecule has 2 aromatic heterocycles. The van der Waals surface area contributed by atoms with E-state index in [4.69, 9.17) is 4.98 Å². The lowest BCUT2D eigenvalue weighted by Crippen LogP contribution is -2.43. The zero-order valence-corrected chi connectivity index (χ0v) is 18.6. The van der Waals surface area contributed by atoms with E-state index < -0.39 is 0 Å². The van der Waals surface area contributed by atoms with Crippen molar-refractivity contribution in [3.63, 3.8) is 0 Å². The normalized spacial score (nSPS) is 17.1. The zero-order valence-electron chi connectivity index (χ0n) is 17.0. The number of piperidine rings is 1.